The van der Waals surface area contributed by atoms with Gasteiger partial charge in [-0.15, -0.1) is 0 Å². The van der Waals surface area contributed by atoms with E-state index in [1.54, 1.807) is 6.92 Å². The molecule has 2 aliphatic heterocycles. The molecule has 1 aromatic rings. The molecule has 3 heterocycles. The van der Waals surface area contributed by atoms with Gasteiger partial charge in [-0.1, -0.05) is 6.07 Å². The predicted octanol–water partition coefficient (Wildman–Crippen LogP) is 0.984. The van der Waals surface area contributed by atoms with Gasteiger partial charge in [0.15, 0.2) is 0 Å². The molecule has 3 rings (SSSR count). The van der Waals surface area contributed by atoms with Crippen LogP contribution < -0.4 is 0 Å². The first-order chi connectivity index (χ1) is 11.5. The number of aromatic nitrogens is 1. The lowest BCUT2D eigenvalue weighted by atomic mass is 9.86. The Balaban J connectivity index is 1.80. The molecule has 130 valence electrons. The van der Waals surface area contributed by atoms with Crippen LogP contribution >= 0.6 is 0 Å². The summed E-state index contributed by atoms with van der Waals surface area (Å²) < 4.78 is 0. The fourth-order valence-electron chi connectivity index (χ4n) is 3.96. The summed E-state index contributed by atoms with van der Waals surface area (Å²) in [5.74, 6) is 0.303. The third-order valence-corrected chi connectivity index (χ3v) is 5.12. The normalized spacial score (nSPS) is 25.3. The minimum absolute atomic E-state index is 0.0939. The van der Waals surface area contributed by atoms with Crippen molar-refractivity contribution in [3.63, 3.8) is 0 Å². The summed E-state index contributed by atoms with van der Waals surface area (Å²) in [7, 11) is 0. The molecular weight excluding hydrogens is 304 g/mol. The molecular formula is C18H26N4O2. The number of amides is 2. The van der Waals surface area contributed by atoms with Crippen LogP contribution in [0.1, 0.15) is 26.0 Å². The maximum atomic E-state index is 12.3. The minimum Gasteiger partial charge on any atom is -0.342 e. The summed E-state index contributed by atoms with van der Waals surface area (Å²) in [6.07, 6.45) is 2.34. The molecule has 0 N–H and O–H groups in total. The van der Waals surface area contributed by atoms with Crippen LogP contribution in [0, 0.1) is 5.41 Å². The number of rotatable bonds is 3. The fourth-order valence-corrected chi connectivity index (χ4v) is 3.96. The first-order valence-corrected chi connectivity index (χ1v) is 8.67. The zero-order valence-corrected chi connectivity index (χ0v) is 14.6. The molecule has 0 aliphatic carbocycles. The maximum Gasteiger partial charge on any atom is 0.223 e. The van der Waals surface area contributed by atoms with E-state index in [1.165, 1.54) is 0 Å². The van der Waals surface area contributed by atoms with E-state index in [9.17, 15) is 9.59 Å². The van der Waals surface area contributed by atoms with Crippen LogP contribution in [0.25, 0.3) is 0 Å². The monoisotopic (exact) mass is 330 g/mol. The van der Waals surface area contributed by atoms with E-state index in [0.29, 0.717) is 19.5 Å². The highest BCUT2D eigenvalue weighted by atomic mass is 16.2. The Morgan fingerprint density at radius 2 is 2.08 bits per heavy atom. The summed E-state index contributed by atoms with van der Waals surface area (Å²) in [6, 6.07) is 5.94. The van der Waals surface area contributed by atoms with Crippen molar-refractivity contribution in [1.29, 1.82) is 0 Å². The van der Waals surface area contributed by atoms with Gasteiger partial charge in [0.25, 0.3) is 0 Å². The van der Waals surface area contributed by atoms with Gasteiger partial charge in [0.1, 0.15) is 0 Å². The average molecular weight is 330 g/mol. The third kappa shape index (κ3) is 3.59. The standard InChI is InChI=1S/C18H26N4O2/c1-3-21-13-18(10-17(21)24)12-20(8-9-22(14-18)15(2)23)11-16-6-4-5-7-19-16/h4-7H,3,8-14H2,1-2H3/t18-/m1/s1. The SMILES string of the molecule is CCN1C[C@@]2(CC1=O)CN(Cc1ccccn1)CCN(C(C)=O)C2. The van der Waals surface area contributed by atoms with Crippen molar-refractivity contribution < 1.29 is 9.59 Å². The van der Waals surface area contributed by atoms with E-state index >= 15 is 0 Å². The molecule has 6 nitrogen and oxygen atoms in total. The second kappa shape index (κ2) is 6.89. The summed E-state index contributed by atoms with van der Waals surface area (Å²) in [6.45, 7) is 8.90. The molecule has 0 saturated carbocycles. The lowest BCUT2D eigenvalue weighted by Crippen LogP contribution is -2.44. The molecule has 2 amide bonds. The topological polar surface area (TPSA) is 56.8 Å². The van der Waals surface area contributed by atoms with Gasteiger partial charge in [0.2, 0.25) is 11.8 Å². The summed E-state index contributed by atoms with van der Waals surface area (Å²) in [5.41, 5.74) is 0.866. The predicted molar refractivity (Wildman–Crippen MR) is 91.1 cm³/mol. The van der Waals surface area contributed by atoms with Gasteiger partial charge < -0.3 is 9.80 Å². The summed E-state index contributed by atoms with van der Waals surface area (Å²) in [4.78, 5) is 34.9. The Kier molecular flexibility index (Phi) is 4.85. The Hall–Kier alpha value is -1.95. The summed E-state index contributed by atoms with van der Waals surface area (Å²) in [5, 5.41) is 0. The van der Waals surface area contributed by atoms with Crippen LogP contribution in [0.15, 0.2) is 24.4 Å². The third-order valence-electron chi connectivity index (χ3n) is 5.12. The number of hydrogen-bond acceptors (Lipinski definition) is 4. The minimum atomic E-state index is -0.163. The van der Waals surface area contributed by atoms with Crippen molar-refractivity contribution in [3.05, 3.63) is 30.1 Å². The van der Waals surface area contributed by atoms with E-state index in [-0.39, 0.29) is 17.2 Å². The van der Waals surface area contributed by atoms with Crippen molar-refractivity contribution in [2.45, 2.75) is 26.8 Å². The molecule has 0 aromatic carbocycles. The number of hydrogen-bond donors (Lipinski definition) is 0. The highest BCUT2D eigenvalue weighted by Crippen LogP contribution is 2.35. The molecule has 2 saturated heterocycles. The van der Waals surface area contributed by atoms with Crippen LogP contribution in [0.5, 0.6) is 0 Å². The van der Waals surface area contributed by atoms with Crippen molar-refractivity contribution >= 4 is 11.8 Å². The Bertz CT molecular complexity index is 606. The molecule has 0 radical (unpaired) electrons. The van der Waals surface area contributed by atoms with E-state index in [2.05, 4.69) is 9.88 Å². The molecule has 0 bridgehead atoms. The quantitative estimate of drug-likeness (QED) is 0.829. The number of pyridine rings is 1. The van der Waals surface area contributed by atoms with Crippen molar-refractivity contribution in [1.82, 2.24) is 19.7 Å². The van der Waals surface area contributed by atoms with Gasteiger partial charge in [-0.25, -0.2) is 0 Å². The van der Waals surface area contributed by atoms with Gasteiger partial charge in [-0.05, 0) is 19.1 Å². The molecule has 2 aliphatic rings. The first-order valence-electron chi connectivity index (χ1n) is 8.67. The lowest BCUT2D eigenvalue weighted by Gasteiger charge is -2.33. The Morgan fingerprint density at radius 3 is 2.71 bits per heavy atom. The number of carbonyl (C=O) groups excluding carboxylic acids is 2. The molecule has 1 aromatic heterocycles. The Labute approximate surface area is 143 Å². The van der Waals surface area contributed by atoms with Gasteiger partial charge in [-0.3, -0.25) is 19.5 Å². The maximum absolute atomic E-state index is 12.3. The second-order valence-corrected chi connectivity index (χ2v) is 7.06. The van der Waals surface area contributed by atoms with Crippen LogP contribution in [-0.2, 0) is 16.1 Å². The van der Waals surface area contributed by atoms with Crippen molar-refractivity contribution in [2.75, 3.05) is 39.3 Å². The van der Waals surface area contributed by atoms with Crippen molar-refractivity contribution in [3.8, 4) is 0 Å². The van der Waals surface area contributed by atoms with Gasteiger partial charge in [0, 0.05) is 70.8 Å². The second-order valence-electron chi connectivity index (χ2n) is 7.06. The molecule has 24 heavy (non-hydrogen) atoms. The molecule has 2 fully saturated rings. The largest absolute Gasteiger partial charge is 0.342 e. The first kappa shape index (κ1) is 16.9. The van der Waals surface area contributed by atoms with Crippen LogP contribution in [0.3, 0.4) is 0 Å². The average Bonchev–Trinajstić information content (AvgIpc) is 2.75. The summed E-state index contributed by atoms with van der Waals surface area (Å²) >= 11 is 0. The van der Waals surface area contributed by atoms with Gasteiger partial charge >= 0.3 is 0 Å². The van der Waals surface area contributed by atoms with Crippen molar-refractivity contribution in [2.24, 2.45) is 5.41 Å². The van der Waals surface area contributed by atoms with Gasteiger partial charge in [0.05, 0.1) is 5.69 Å². The number of carbonyl (C=O) groups is 2. The van der Waals surface area contributed by atoms with E-state index in [0.717, 1.165) is 38.4 Å². The molecule has 6 heteroatoms. The van der Waals surface area contributed by atoms with Crippen LogP contribution in [0.2, 0.25) is 0 Å². The highest BCUT2D eigenvalue weighted by Gasteiger charge is 2.46. The smallest absolute Gasteiger partial charge is 0.223 e. The molecule has 1 atom stereocenters. The molecule has 0 unspecified atom stereocenters. The fraction of sp³-hybridized carbons (Fsp3) is 0.611. The zero-order valence-electron chi connectivity index (χ0n) is 14.6. The number of likely N-dealkylation sites (tertiary alicyclic amines) is 1. The van der Waals surface area contributed by atoms with Crippen LogP contribution in [0.4, 0.5) is 0 Å². The number of nitrogens with zero attached hydrogens (tertiary/aromatic N) is 4. The molecule has 1 spiro atoms. The van der Waals surface area contributed by atoms with Gasteiger partial charge in [-0.2, -0.15) is 0 Å². The lowest BCUT2D eigenvalue weighted by molar-refractivity contribution is -0.130. The van der Waals surface area contributed by atoms with E-state index < -0.39 is 0 Å². The van der Waals surface area contributed by atoms with Crippen LogP contribution in [-0.4, -0.2) is 70.8 Å². The Morgan fingerprint density at radius 1 is 1.25 bits per heavy atom. The zero-order chi connectivity index (χ0) is 17.2. The van der Waals surface area contributed by atoms with E-state index in [1.807, 2.05) is 41.1 Å². The highest BCUT2D eigenvalue weighted by molar-refractivity contribution is 5.80. The van der Waals surface area contributed by atoms with E-state index in [4.69, 9.17) is 0 Å².